The van der Waals surface area contributed by atoms with Gasteiger partial charge in [-0.2, -0.15) is 9.61 Å². The van der Waals surface area contributed by atoms with Gasteiger partial charge in [0.1, 0.15) is 5.82 Å². The number of non-ortho nitro benzene ring substituents is 1. The van der Waals surface area contributed by atoms with Crippen molar-refractivity contribution in [1.29, 1.82) is 0 Å². The van der Waals surface area contributed by atoms with Crippen molar-refractivity contribution < 1.29 is 4.92 Å². The highest BCUT2D eigenvalue weighted by Crippen LogP contribution is 2.33. The van der Waals surface area contributed by atoms with Crippen molar-refractivity contribution in [2.24, 2.45) is 0 Å². The number of fused-ring (bicyclic) bond motifs is 1. The Morgan fingerprint density at radius 2 is 1.70 bits per heavy atom. The monoisotopic (exact) mass is 443 g/mol. The molecule has 0 saturated carbocycles. The van der Waals surface area contributed by atoms with Crippen LogP contribution in [0.1, 0.15) is 5.56 Å². The third-order valence-electron chi connectivity index (χ3n) is 6.32. The zero-order valence-electron chi connectivity index (χ0n) is 18.6. The molecule has 9 heteroatoms. The van der Waals surface area contributed by atoms with Gasteiger partial charge in [-0.3, -0.25) is 10.1 Å². The van der Waals surface area contributed by atoms with Gasteiger partial charge in [0, 0.05) is 61.3 Å². The average Bonchev–Trinajstić information content (AvgIpc) is 3.25. The van der Waals surface area contributed by atoms with E-state index in [1.807, 2.05) is 6.92 Å². The summed E-state index contributed by atoms with van der Waals surface area (Å²) in [4.78, 5) is 20.0. The lowest BCUT2D eigenvalue weighted by Crippen LogP contribution is -2.44. The summed E-state index contributed by atoms with van der Waals surface area (Å²) in [5, 5.41) is 15.5. The van der Waals surface area contributed by atoms with Gasteiger partial charge < -0.3 is 15.5 Å². The van der Waals surface area contributed by atoms with Gasteiger partial charge in [0.25, 0.3) is 5.69 Å². The lowest BCUT2D eigenvalue weighted by Gasteiger charge is -2.34. The Bertz CT molecular complexity index is 1340. The molecule has 2 aromatic heterocycles. The molecule has 1 saturated heterocycles. The maximum atomic E-state index is 11.1. The van der Waals surface area contributed by atoms with Crippen LogP contribution < -0.4 is 10.6 Å². The second-order valence-electron chi connectivity index (χ2n) is 8.44. The van der Waals surface area contributed by atoms with Gasteiger partial charge in [-0.1, -0.05) is 12.1 Å². The summed E-state index contributed by atoms with van der Waals surface area (Å²) in [7, 11) is 2.15. The lowest BCUT2D eigenvalue weighted by molar-refractivity contribution is -0.384. The number of nitrogens with two attached hydrogens (primary N) is 1. The van der Waals surface area contributed by atoms with Crippen LogP contribution in [-0.2, 0) is 0 Å². The summed E-state index contributed by atoms with van der Waals surface area (Å²) in [6, 6.07) is 13.2. The molecule has 9 nitrogen and oxygen atoms in total. The number of nitrogen functional groups attached to an aromatic ring is 1. The van der Waals surface area contributed by atoms with E-state index in [-0.39, 0.29) is 5.69 Å². The zero-order chi connectivity index (χ0) is 23.1. The van der Waals surface area contributed by atoms with Crippen LogP contribution in [0.3, 0.4) is 0 Å². The fourth-order valence-electron chi connectivity index (χ4n) is 4.34. The molecule has 0 spiro atoms. The fourth-order valence-corrected chi connectivity index (χ4v) is 4.34. The maximum Gasteiger partial charge on any atom is 0.269 e. The molecule has 0 amide bonds. The van der Waals surface area contributed by atoms with Crippen molar-refractivity contribution in [2.45, 2.75) is 6.92 Å². The minimum atomic E-state index is -0.406. The summed E-state index contributed by atoms with van der Waals surface area (Å²) >= 11 is 0. The number of anilines is 2. The average molecular weight is 444 g/mol. The first kappa shape index (κ1) is 20.9. The SMILES string of the molecule is Cc1cc([N+](=O)[O-])ccc1-c1cnc2c(-c3ccc(N4CCN(C)CC4)cc3)cnn2c1N. The van der Waals surface area contributed by atoms with Crippen LogP contribution in [-0.4, -0.2) is 57.6 Å². The van der Waals surface area contributed by atoms with Gasteiger partial charge in [0.05, 0.1) is 11.1 Å². The standard InChI is InChI=1S/C24H25N7O2/c1-16-13-19(31(32)33)7-8-20(16)22-14-26-24-21(15-27-30(24)23(22)25)17-3-5-18(6-4-17)29-11-9-28(2)10-12-29/h3-8,13-15H,9-12,25H2,1-2H3. The first-order chi connectivity index (χ1) is 15.9. The van der Waals surface area contributed by atoms with E-state index in [0.717, 1.165) is 48.4 Å². The van der Waals surface area contributed by atoms with Crippen LogP contribution in [0.4, 0.5) is 17.2 Å². The van der Waals surface area contributed by atoms with Gasteiger partial charge >= 0.3 is 0 Å². The van der Waals surface area contributed by atoms with E-state index in [0.29, 0.717) is 17.0 Å². The minimum absolute atomic E-state index is 0.0465. The number of benzene rings is 2. The van der Waals surface area contributed by atoms with Crippen LogP contribution in [0.5, 0.6) is 0 Å². The smallest absolute Gasteiger partial charge is 0.269 e. The molecular weight excluding hydrogens is 418 g/mol. The molecule has 1 aliphatic heterocycles. The van der Waals surface area contributed by atoms with Crippen molar-refractivity contribution >= 4 is 22.8 Å². The lowest BCUT2D eigenvalue weighted by atomic mass is 10.0. The van der Waals surface area contributed by atoms with E-state index >= 15 is 0 Å². The molecule has 0 aliphatic carbocycles. The highest BCUT2D eigenvalue weighted by Gasteiger charge is 2.18. The van der Waals surface area contributed by atoms with Crippen LogP contribution in [0.25, 0.3) is 27.9 Å². The molecule has 3 heterocycles. The molecule has 5 rings (SSSR count). The molecule has 0 atom stereocenters. The van der Waals surface area contributed by atoms with Crippen LogP contribution in [0, 0.1) is 17.0 Å². The maximum absolute atomic E-state index is 11.1. The first-order valence-corrected chi connectivity index (χ1v) is 10.8. The van der Waals surface area contributed by atoms with Gasteiger partial charge in [0.15, 0.2) is 5.65 Å². The minimum Gasteiger partial charge on any atom is -0.383 e. The molecule has 2 aromatic carbocycles. The molecule has 2 N–H and O–H groups in total. The van der Waals surface area contributed by atoms with E-state index in [1.165, 1.54) is 17.8 Å². The number of rotatable bonds is 4. The molecule has 1 aliphatic rings. The fraction of sp³-hybridized carbons (Fsp3) is 0.250. The van der Waals surface area contributed by atoms with Crippen molar-refractivity contribution in [1.82, 2.24) is 19.5 Å². The highest BCUT2D eigenvalue weighted by atomic mass is 16.6. The largest absolute Gasteiger partial charge is 0.383 e. The number of aryl methyl sites for hydroxylation is 1. The van der Waals surface area contributed by atoms with Crippen LogP contribution in [0.15, 0.2) is 54.9 Å². The number of nitrogens with zero attached hydrogens (tertiary/aromatic N) is 6. The van der Waals surface area contributed by atoms with Crippen LogP contribution >= 0.6 is 0 Å². The number of aromatic nitrogens is 3. The third-order valence-corrected chi connectivity index (χ3v) is 6.32. The number of likely N-dealkylation sites (N-methyl/N-ethyl adjacent to an activating group) is 1. The Morgan fingerprint density at radius 1 is 0.970 bits per heavy atom. The normalized spacial score (nSPS) is 14.7. The van der Waals surface area contributed by atoms with E-state index < -0.39 is 4.92 Å². The predicted molar refractivity (Wildman–Crippen MR) is 129 cm³/mol. The van der Waals surface area contributed by atoms with E-state index in [2.05, 4.69) is 51.2 Å². The topological polar surface area (TPSA) is 106 Å². The third kappa shape index (κ3) is 3.76. The Balaban J connectivity index is 1.47. The van der Waals surface area contributed by atoms with Gasteiger partial charge in [-0.25, -0.2) is 4.98 Å². The summed E-state index contributed by atoms with van der Waals surface area (Å²) in [6.07, 6.45) is 3.48. The molecule has 0 radical (unpaired) electrons. The molecule has 0 unspecified atom stereocenters. The molecular formula is C24H25N7O2. The summed E-state index contributed by atoms with van der Waals surface area (Å²) in [5.41, 5.74) is 12.5. The summed E-state index contributed by atoms with van der Waals surface area (Å²) < 4.78 is 1.62. The van der Waals surface area contributed by atoms with Crippen LogP contribution in [0.2, 0.25) is 0 Å². The first-order valence-electron chi connectivity index (χ1n) is 10.8. The van der Waals surface area contributed by atoms with E-state index in [4.69, 9.17) is 5.73 Å². The van der Waals surface area contributed by atoms with E-state index in [9.17, 15) is 10.1 Å². The van der Waals surface area contributed by atoms with Gasteiger partial charge in [0.2, 0.25) is 0 Å². The zero-order valence-corrected chi connectivity index (χ0v) is 18.6. The second kappa shape index (κ2) is 8.18. The number of piperazine rings is 1. The van der Waals surface area contributed by atoms with Crippen molar-refractivity contribution in [3.05, 3.63) is 70.5 Å². The molecule has 4 aromatic rings. The van der Waals surface area contributed by atoms with Crippen molar-refractivity contribution in [3.63, 3.8) is 0 Å². The summed E-state index contributed by atoms with van der Waals surface area (Å²) in [6.45, 7) is 6.00. The predicted octanol–water partition coefficient (Wildman–Crippen LogP) is 3.61. The van der Waals surface area contributed by atoms with Gasteiger partial charge in [-0.15, -0.1) is 0 Å². The number of hydrogen-bond acceptors (Lipinski definition) is 7. The molecule has 0 bridgehead atoms. The molecule has 168 valence electrons. The summed E-state index contributed by atoms with van der Waals surface area (Å²) in [5.74, 6) is 0.442. The van der Waals surface area contributed by atoms with Crippen molar-refractivity contribution in [3.8, 4) is 22.3 Å². The quantitative estimate of drug-likeness (QED) is 0.379. The van der Waals surface area contributed by atoms with Crippen molar-refractivity contribution in [2.75, 3.05) is 43.9 Å². The number of hydrogen-bond donors (Lipinski definition) is 1. The Hall–Kier alpha value is -3.98. The highest BCUT2D eigenvalue weighted by molar-refractivity contribution is 5.83. The second-order valence-corrected chi connectivity index (χ2v) is 8.44. The Kier molecular flexibility index (Phi) is 5.18. The molecule has 1 fully saturated rings. The Morgan fingerprint density at radius 3 is 2.36 bits per heavy atom. The number of nitro groups is 1. The number of nitro benzene ring substituents is 1. The molecule has 33 heavy (non-hydrogen) atoms. The van der Waals surface area contributed by atoms with Gasteiger partial charge in [-0.05, 0) is 48.9 Å². The van der Waals surface area contributed by atoms with E-state index in [1.54, 1.807) is 23.0 Å². The Labute approximate surface area is 191 Å².